The van der Waals surface area contributed by atoms with E-state index >= 15 is 0 Å². The summed E-state index contributed by atoms with van der Waals surface area (Å²) >= 11 is 1.46. The molecule has 14 nitrogen and oxygen atoms in total. The van der Waals surface area contributed by atoms with Crippen LogP contribution in [0.15, 0.2) is 48.9 Å². The van der Waals surface area contributed by atoms with Crippen LogP contribution in [0.4, 0.5) is 5.69 Å². The van der Waals surface area contributed by atoms with Crippen LogP contribution in [0.2, 0.25) is 0 Å². The molecule has 6 heterocycles. The number of aryl methyl sites for hydroxylation is 1. The largest absolute Gasteiger partial charge is 0.474 e. The first-order chi connectivity index (χ1) is 23.4. The fraction of sp³-hybridized carbons (Fsp3) is 0.394. The predicted molar refractivity (Wildman–Crippen MR) is 178 cm³/mol. The number of amides is 2. The highest BCUT2D eigenvalue weighted by atomic mass is 32.1. The third-order valence-electron chi connectivity index (χ3n) is 9.81. The molecule has 0 radical (unpaired) electrons. The second-order valence-electron chi connectivity index (χ2n) is 13.1. The Balaban J connectivity index is 0.812. The number of piperidine rings is 1. The fourth-order valence-corrected chi connectivity index (χ4v) is 7.69. The average Bonchev–Trinajstić information content (AvgIpc) is 3.77. The van der Waals surface area contributed by atoms with E-state index in [4.69, 9.17) is 4.74 Å². The molecule has 9 rings (SSSR count). The first-order valence-electron chi connectivity index (χ1n) is 16.3. The lowest BCUT2D eigenvalue weighted by Crippen LogP contribution is -2.42. The van der Waals surface area contributed by atoms with Crippen LogP contribution in [0.3, 0.4) is 0 Å². The fourth-order valence-electron chi connectivity index (χ4n) is 6.84. The van der Waals surface area contributed by atoms with Crippen molar-refractivity contribution in [3.63, 3.8) is 0 Å². The Hall–Kier alpha value is -5.02. The van der Waals surface area contributed by atoms with Gasteiger partial charge in [0, 0.05) is 61.6 Å². The number of rotatable bonds is 9. The SMILES string of the molecule is Cn1cnc(-c2nnc(C3=CCN(C(=O)CN4CC[C@]5(C(=O)Nc6ccc7[nH]nc(-c8ccc(OC9CC9)nc8)c7c6)CC45)CC3)s2)n1. The Morgan fingerprint density at radius 2 is 2.02 bits per heavy atom. The van der Waals surface area contributed by atoms with Gasteiger partial charge in [0.05, 0.1) is 17.5 Å². The van der Waals surface area contributed by atoms with Crippen molar-refractivity contribution in [3.05, 3.63) is 53.9 Å². The molecule has 2 aliphatic heterocycles. The molecule has 48 heavy (non-hydrogen) atoms. The molecule has 2 saturated carbocycles. The van der Waals surface area contributed by atoms with Crippen LogP contribution in [-0.2, 0) is 16.6 Å². The Morgan fingerprint density at radius 3 is 2.77 bits per heavy atom. The number of pyridine rings is 1. The maximum Gasteiger partial charge on any atom is 0.237 e. The molecule has 1 aromatic carbocycles. The van der Waals surface area contributed by atoms with Gasteiger partial charge in [0.25, 0.3) is 0 Å². The van der Waals surface area contributed by atoms with Gasteiger partial charge in [-0.15, -0.1) is 15.3 Å². The van der Waals surface area contributed by atoms with Gasteiger partial charge in [0.2, 0.25) is 23.5 Å². The van der Waals surface area contributed by atoms with Crippen molar-refractivity contribution in [1.82, 2.24) is 49.9 Å². The normalized spacial score (nSPS) is 22.1. The summed E-state index contributed by atoms with van der Waals surface area (Å²) in [5, 5.41) is 26.1. The Bertz CT molecular complexity index is 2080. The maximum absolute atomic E-state index is 13.6. The first-order valence-corrected chi connectivity index (χ1v) is 17.1. The summed E-state index contributed by atoms with van der Waals surface area (Å²) in [4.78, 5) is 39.7. The summed E-state index contributed by atoms with van der Waals surface area (Å²) in [6, 6.07) is 9.70. The number of anilines is 1. The molecular weight excluding hydrogens is 631 g/mol. The van der Waals surface area contributed by atoms with Gasteiger partial charge in [-0.2, -0.15) is 5.10 Å². The molecule has 2 atom stereocenters. The minimum absolute atomic E-state index is 0.0120. The second-order valence-corrected chi connectivity index (χ2v) is 14.0. The number of likely N-dealkylation sites (tertiary alicyclic amines) is 1. The number of nitrogens with zero attached hydrogens (tertiary/aromatic N) is 9. The summed E-state index contributed by atoms with van der Waals surface area (Å²) < 4.78 is 7.42. The molecule has 15 heteroatoms. The van der Waals surface area contributed by atoms with Crippen LogP contribution >= 0.6 is 11.3 Å². The Kier molecular flexibility index (Phi) is 6.86. The maximum atomic E-state index is 13.6. The molecule has 244 valence electrons. The summed E-state index contributed by atoms with van der Waals surface area (Å²) in [5.41, 5.74) is 3.88. The number of carbonyl (C=O) groups is 2. The number of nitrogens with one attached hydrogen (secondary N) is 2. The molecule has 2 amide bonds. The van der Waals surface area contributed by atoms with Crippen LogP contribution in [0.25, 0.3) is 38.6 Å². The van der Waals surface area contributed by atoms with E-state index in [1.807, 2.05) is 42.3 Å². The zero-order chi connectivity index (χ0) is 32.4. The van der Waals surface area contributed by atoms with Crippen molar-refractivity contribution in [1.29, 1.82) is 0 Å². The van der Waals surface area contributed by atoms with E-state index in [1.165, 1.54) is 11.3 Å². The molecule has 4 aromatic heterocycles. The lowest BCUT2D eigenvalue weighted by Gasteiger charge is -2.28. The third kappa shape index (κ3) is 5.32. The van der Waals surface area contributed by atoms with E-state index in [0.717, 1.165) is 70.7 Å². The molecule has 5 aromatic rings. The standard InChI is InChI=1S/C33H33N11O3S/c1-42-18-35-29(41-42)31-40-39-30(48-31)19-8-11-43(12-9-19)27(45)17-44-13-10-33(15-25(33)44)32(46)36-21-3-6-24-23(14-21)28(38-37-24)20-2-7-26(34-16-20)47-22-4-5-22/h2-3,6-8,14,16,18,22,25H,4-5,9-13,15,17H2,1H3,(H,36,46)(H,37,38)/t25?,33-/m0/s1. The number of ether oxygens (including phenoxy) is 1. The molecule has 3 fully saturated rings. The van der Waals surface area contributed by atoms with Crippen molar-refractivity contribution in [2.24, 2.45) is 12.5 Å². The van der Waals surface area contributed by atoms with E-state index in [1.54, 1.807) is 17.2 Å². The second kappa shape index (κ2) is 11.3. The summed E-state index contributed by atoms with van der Waals surface area (Å²) in [5.74, 6) is 1.29. The molecule has 0 bridgehead atoms. The van der Waals surface area contributed by atoms with E-state index in [0.29, 0.717) is 48.9 Å². The minimum Gasteiger partial charge on any atom is -0.474 e. The third-order valence-corrected chi connectivity index (χ3v) is 10.8. The number of H-pyrrole nitrogens is 1. The zero-order valence-electron chi connectivity index (χ0n) is 26.3. The molecule has 4 aliphatic rings. The molecule has 1 saturated heterocycles. The van der Waals surface area contributed by atoms with Crippen LogP contribution < -0.4 is 10.1 Å². The number of carbonyl (C=O) groups excluding carboxylic acids is 2. The highest BCUT2D eigenvalue weighted by Crippen LogP contribution is 2.57. The lowest BCUT2D eigenvalue weighted by molar-refractivity contribution is -0.132. The van der Waals surface area contributed by atoms with Gasteiger partial charge in [-0.25, -0.2) is 9.97 Å². The van der Waals surface area contributed by atoms with E-state index < -0.39 is 5.41 Å². The number of hydrogen-bond donors (Lipinski definition) is 2. The molecular formula is C33H33N11O3S. The van der Waals surface area contributed by atoms with Gasteiger partial charge in [-0.3, -0.25) is 24.3 Å². The monoisotopic (exact) mass is 663 g/mol. The van der Waals surface area contributed by atoms with Gasteiger partial charge < -0.3 is 15.0 Å². The van der Waals surface area contributed by atoms with Crippen molar-refractivity contribution in [3.8, 4) is 28.0 Å². The van der Waals surface area contributed by atoms with Gasteiger partial charge in [-0.1, -0.05) is 17.4 Å². The zero-order valence-corrected chi connectivity index (χ0v) is 27.1. The van der Waals surface area contributed by atoms with Crippen LogP contribution in [0.5, 0.6) is 5.88 Å². The lowest BCUT2D eigenvalue weighted by atomic mass is 10.0. The van der Waals surface area contributed by atoms with Crippen molar-refractivity contribution in [2.75, 3.05) is 31.5 Å². The van der Waals surface area contributed by atoms with E-state index in [2.05, 4.69) is 51.8 Å². The van der Waals surface area contributed by atoms with Crippen LogP contribution in [0.1, 0.15) is 37.1 Å². The van der Waals surface area contributed by atoms with E-state index in [9.17, 15) is 9.59 Å². The number of hydrogen-bond acceptors (Lipinski definition) is 11. The van der Waals surface area contributed by atoms with Gasteiger partial charge >= 0.3 is 0 Å². The summed E-state index contributed by atoms with van der Waals surface area (Å²) in [7, 11) is 1.82. The summed E-state index contributed by atoms with van der Waals surface area (Å²) in [6.45, 7) is 2.20. The van der Waals surface area contributed by atoms with Gasteiger partial charge in [0.1, 0.15) is 23.1 Å². The number of fused-ring (bicyclic) bond motifs is 2. The van der Waals surface area contributed by atoms with Gasteiger partial charge in [-0.05, 0) is 61.9 Å². The van der Waals surface area contributed by atoms with Crippen molar-refractivity contribution >= 4 is 45.3 Å². The van der Waals surface area contributed by atoms with Crippen LogP contribution in [0, 0.1) is 5.41 Å². The smallest absolute Gasteiger partial charge is 0.237 e. The van der Waals surface area contributed by atoms with Crippen LogP contribution in [-0.4, -0.2) is 100 Å². The number of benzene rings is 1. The Labute approximate surface area is 279 Å². The average molecular weight is 664 g/mol. The van der Waals surface area contributed by atoms with Crippen molar-refractivity contribution < 1.29 is 14.3 Å². The number of aromatic nitrogens is 8. The van der Waals surface area contributed by atoms with Crippen molar-refractivity contribution in [2.45, 2.75) is 44.2 Å². The molecule has 1 unspecified atom stereocenters. The highest BCUT2D eigenvalue weighted by molar-refractivity contribution is 7.15. The molecule has 2 aliphatic carbocycles. The Morgan fingerprint density at radius 1 is 1.12 bits per heavy atom. The summed E-state index contributed by atoms with van der Waals surface area (Å²) in [6.07, 6.45) is 10.2. The molecule has 0 spiro atoms. The van der Waals surface area contributed by atoms with Gasteiger partial charge in [0.15, 0.2) is 5.01 Å². The highest BCUT2D eigenvalue weighted by Gasteiger charge is 2.66. The predicted octanol–water partition coefficient (Wildman–Crippen LogP) is 3.53. The number of aromatic amines is 1. The topological polar surface area (TPSA) is 160 Å². The minimum atomic E-state index is -0.456. The quantitative estimate of drug-likeness (QED) is 0.239. The first kappa shape index (κ1) is 29.1. The molecule has 2 N–H and O–H groups in total. The van der Waals surface area contributed by atoms with E-state index in [-0.39, 0.29) is 17.9 Å².